The molecule has 0 aliphatic heterocycles. The minimum absolute atomic E-state index is 0.104. The van der Waals surface area contributed by atoms with Crippen molar-refractivity contribution in [2.45, 2.75) is 12.5 Å². The Bertz CT molecular complexity index is 230. The zero-order valence-corrected chi connectivity index (χ0v) is 5.86. The average Bonchev–Trinajstić information content (AvgIpc) is 2.35. The lowest BCUT2D eigenvalue weighted by molar-refractivity contribution is -0.120. The molecule has 4 nitrogen and oxygen atoms in total. The van der Waals surface area contributed by atoms with Crippen molar-refractivity contribution in [2.24, 2.45) is 5.73 Å². The first-order chi connectivity index (χ1) is 5.20. The van der Waals surface area contributed by atoms with Crippen LogP contribution in [0.3, 0.4) is 0 Å². The molecule has 60 valence electrons. The van der Waals surface area contributed by atoms with Gasteiger partial charge < -0.3 is 15.3 Å². The molecular weight excluding hydrogens is 146 g/mol. The van der Waals surface area contributed by atoms with Crippen LogP contribution in [0.15, 0.2) is 22.8 Å². The van der Waals surface area contributed by atoms with Crippen LogP contribution in [0.5, 0.6) is 0 Å². The van der Waals surface area contributed by atoms with E-state index in [9.17, 15) is 9.90 Å². The molecule has 1 aromatic heterocycles. The minimum atomic E-state index is -0.914. The van der Waals surface area contributed by atoms with Gasteiger partial charge in [0.25, 0.3) is 0 Å². The molecule has 1 unspecified atom stereocenters. The van der Waals surface area contributed by atoms with Crippen molar-refractivity contribution in [3.63, 3.8) is 0 Å². The van der Waals surface area contributed by atoms with Crippen LogP contribution >= 0.6 is 0 Å². The summed E-state index contributed by atoms with van der Waals surface area (Å²) in [6.45, 7) is 0. The van der Waals surface area contributed by atoms with Crippen LogP contribution < -0.4 is 5.73 Å². The maximum Gasteiger partial charge on any atom is 0.220 e. The first-order valence-corrected chi connectivity index (χ1v) is 3.20. The Labute approximate surface area is 63.6 Å². The van der Waals surface area contributed by atoms with Crippen LogP contribution in [0.4, 0.5) is 0 Å². The number of amides is 1. The predicted molar refractivity (Wildman–Crippen MR) is 37.5 cm³/mol. The average molecular weight is 155 g/mol. The Balaban J connectivity index is 2.56. The molecule has 1 heterocycles. The Morgan fingerprint density at radius 2 is 2.55 bits per heavy atom. The number of primary amides is 1. The molecule has 1 aromatic rings. The number of nitrogens with two attached hydrogens (primary N) is 1. The second-order valence-electron chi connectivity index (χ2n) is 2.20. The predicted octanol–water partition coefficient (Wildman–Crippen LogP) is 0.188. The smallest absolute Gasteiger partial charge is 0.220 e. The van der Waals surface area contributed by atoms with Crippen LogP contribution in [0, 0.1) is 0 Å². The topological polar surface area (TPSA) is 76.5 Å². The maximum atomic E-state index is 10.3. The summed E-state index contributed by atoms with van der Waals surface area (Å²) in [5, 5.41) is 9.19. The quantitative estimate of drug-likeness (QED) is 0.654. The molecule has 1 atom stereocenters. The number of furan rings is 1. The molecule has 11 heavy (non-hydrogen) atoms. The molecule has 0 aliphatic carbocycles. The van der Waals surface area contributed by atoms with Crippen molar-refractivity contribution in [1.29, 1.82) is 0 Å². The minimum Gasteiger partial charge on any atom is -0.467 e. The van der Waals surface area contributed by atoms with Crippen LogP contribution in [-0.4, -0.2) is 11.0 Å². The standard InChI is InChI=1S/C7H9NO3/c8-7(10)4-5(9)6-2-1-3-11-6/h1-3,5,9H,4H2,(H2,8,10). The Morgan fingerprint density at radius 3 is 3.00 bits per heavy atom. The van der Waals surface area contributed by atoms with Gasteiger partial charge in [0.05, 0.1) is 12.7 Å². The van der Waals surface area contributed by atoms with Gasteiger partial charge in [0.2, 0.25) is 5.91 Å². The van der Waals surface area contributed by atoms with Gasteiger partial charge in [-0.25, -0.2) is 0 Å². The Kier molecular flexibility index (Phi) is 2.28. The van der Waals surface area contributed by atoms with Gasteiger partial charge in [-0.1, -0.05) is 0 Å². The van der Waals surface area contributed by atoms with E-state index < -0.39 is 12.0 Å². The van der Waals surface area contributed by atoms with Gasteiger partial charge in [0.15, 0.2) is 0 Å². The van der Waals surface area contributed by atoms with E-state index >= 15 is 0 Å². The summed E-state index contributed by atoms with van der Waals surface area (Å²) < 4.78 is 4.84. The van der Waals surface area contributed by atoms with Gasteiger partial charge in [-0.3, -0.25) is 4.79 Å². The zero-order chi connectivity index (χ0) is 8.27. The summed E-state index contributed by atoms with van der Waals surface area (Å²) >= 11 is 0. The lowest BCUT2D eigenvalue weighted by Gasteiger charge is -2.02. The fourth-order valence-electron chi connectivity index (χ4n) is 0.772. The van der Waals surface area contributed by atoms with Crippen LogP contribution in [-0.2, 0) is 4.79 Å². The van der Waals surface area contributed by atoms with Gasteiger partial charge in [-0.05, 0) is 12.1 Å². The first-order valence-electron chi connectivity index (χ1n) is 3.20. The molecule has 1 rings (SSSR count). The van der Waals surface area contributed by atoms with Crippen molar-refractivity contribution in [3.05, 3.63) is 24.2 Å². The summed E-state index contributed by atoms with van der Waals surface area (Å²) in [5.41, 5.74) is 4.86. The van der Waals surface area contributed by atoms with E-state index in [0.29, 0.717) is 5.76 Å². The third kappa shape index (κ3) is 2.09. The molecule has 0 saturated heterocycles. The third-order valence-corrected chi connectivity index (χ3v) is 1.27. The molecular formula is C7H9NO3. The molecule has 0 aliphatic rings. The van der Waals surface area contributed by atoms with Crippen molar-refractivity contribution in [2.75, 3.05) is 0 Å². The molecule has 0 saturated carbocycles. The lowest BCUT2D eigenvalue weighted by atomic mass is 10.2. The maximum absolute atomic E-state index is 10.3. The second-order valence-corrected chi connectivity index (χ2v) is 2.20. The zero-order valence-electron chi connectivity index (χ0n) is 5.86. The van der Waals surface area contributed by atoms with E-state index in [1.807, 2.05) is 0 Å². The number of rotatable bonds is 3. The largest absolute Gasteiger partial charge is 0.467 e. The van der Waals surface area contributed by atoms with E-state index in [4.69, 9.17) is 10.2 Å². The molecule has 3 N–H and O–H groups in total. The Morgan fingerprint density at radius 1 is 1.82 bits per heavy atom. The summed E-state index contributed by atoms with van der Waals surface area (Å²) in [4.78, 5) is 10.3. The number of hydrogen-bond donors (Lipinski definition) is 2. The number of carbonyl (C=O) groups is 1. The number of aliphatic hydroxyl groups is 1. The highest BCUT2D eigenvalue weighted by Gasteiger charge is 2.12. The first kappa shape index (κ1) is 7.81. The monoisotopic (exact) mass is 155 g/mol. The van der Waals surface area contributed by atoms with Gasteiger partial charge >= 0.3 is 0 Å². The highest BCUT2D eigenvalue weighted by atomic mass is 16.4. The van der Waals surface area contributed by atoms with Gasteiger partial charge in [-0.15, -0.1) is 0 Å². The second kappa shape index (κ2) is 3.21. The van der Waals surface area contributed by atoms with Crippen molar-refractivity contribution in [1.82, 2.24) is 0 Å². The normalized spacial score (nSPS) is 12.8. The molecule has 0 fully saturated rings. The fraction of sp³-hybridized carbons (Fsp3) is 0.286. The van der Waals surface area contributed by atoms with Gasteiger partial charge in [0.1, 0.15) is 11.9 Å². The van der Waals surface area contributed by atoms with Gasteiger partial charge in [-0.2, -0.15) is 0 Å². The molecule has 0 spiro atoms. The summed E-state index contributed by atoms with van der Waals surface area (Å²) in [6, 6.07) is 3.23. The lowest BCUT2D eigenvalue weighted by Crippen LogP contribution is -2.14. The van der Waals surface area contributed by atoms with E-state index in [1.165, 1.54) is 6.26 Å². The van der Waals surface area contributed by atoms with Crippen LogP contribution in [0.25, 0.3) is 0 Å². The molecule has 4 heteroatoms. The molecule has 0 radical (unpaired) electrons. The molecule has 1 amide bonds. The molecule has 0 aromatic carbocycles. The van der Waals surface area contributed by atoms with Crippen molar-refractivity contribution >= 4 is 5.91 Å². The van der Waals surface area contributed by atoms with Gasteiger partial charge in [0, 0.05) is 0 Å². The summed E-state index contributed by atoms with van der Waals surface area (Å²) in [7, 11) is 0. The van der Waals surface area contributed by atoms with E-state index in [2.05, 4.69) is 0 Å². The van der Waals surface area contributed by atoms with E-state index in [1.54, 1.807) is 12.1 Å². The SMILES string of the molecule is NC(=O)CC(O)c1ccco1. The van der Waals surface area contributed by atoms with E-state index in [-0.39, 0.29) is 6.42 Å². The highest BCUT2D eigenvalue weighted by molar-refractivity contribution is 5.74. The highest BCUT2D eigenvalue weighted by Crippen LogP contribution is 2.15. The summed E-state index contributed by atoms with van der Waals surface area (Å²) in [6.07, 6.45) is 0.412. The number of aliphatic hydroxyl groups excluding tert-OH is 1. The number of carbonyl (C=O) groups excluding carboxylic acids is 1. The van der Waals surface area contributed by atoms with Crippen molar-refractivity contribution in [3.8, 4) is 0 Å². The fourth-order valence-corrected chi connectivity index (χ4v) is 0.772. The molecule has 0 bridgehead atoms. The Hall–Kier alpha value is -1.29. The van der Waals surface area contributed by atoms with E-state index in [0.717, 1.165) is 0 Å². The van der Waals surface area contributed by atoms with Crippen molar-refractivity contribution < 1.29 is 14.3 Å². The third-order valence-electron chi connectivity index (χ3n) is 1.27. The van der Waals surface area contributed by atoms with Crippen LogP contribution in [0.2, 0.25) is 0 Å². The summed E-state index contributed by atoms with van der Waals surface area (Å²) in [5.74, 6) is -0.183. The number of hydrogen-bond acceptors (Lipinski definition) is 3. The van der Waals surface area contributed by atoms with Crippen LogP contribution in [0.1, 0.15) is 18.3 Å².